The van der Waals surface area contributed by atoms with Crippen molar-refractivity contribution in [3.63, 3.8) is 0 Å². The fourth-order valence-corrected chi connectivity index (χ4v) is 8.69. The smallest absolute Gasteiger partial charge is 0.318 e. The van der Waals surface area contributed by atoms with Crippen molar-refractivity contribution in [3.8, 4) is 6.07 Å². The number of alkyl halides is 2. The van der Waals surface area contributed by atoms with E-state index in [9.17, 15) is 27.3 Å². The zero-order valence-electron chi connectivity index (χ0n) is 19.7. The van der Waals surface area contributed by atoms with Gasteiger partial charge in [-0.05, 0) is 45.4 Å². The summed E-state index contributed by atoms with van der Waals surface area (Å²) in [5, 5.41) is 9.42. The van der Waals surface area contributed by atoms with E-state index in [1.165, 1.54) is 0 Å². The number of nitriles is 1. The number of amides is 2. The summed E-state index contributed by atoms with van der Waals surface area (Å²) in [6, 6.07) is 1.51. The van der Waals surface area contributed by atoms with Gasteiger partial charge in [0.25, 0.3) is 6.43 Å². The van der Waals surface area contributed by atoms with E-state index < -0.39 is 44.2 Å². The highest BCUT2D eigenvalue weighted by atomic mass is 32.2. The zero-order valence-corrected chi connectivity index (χ0v) is 21.3. The summed E-state index contributed by atoms with van der Waals surface area (Å²) >= 11 is 0.929. The molecule has 196 valence electrons. The lowest BCUT2D eigenvalue weighted by Gasteiger charge is -2.38. The molecule has 3 heterocycles. The van der Waals surface area contributed by atoms with Crippen LogP contribution >= 0.6 is 11.8 Å². The third-order valence-corrected chi connectivity index (χ3v) is 11.0. The molecule has 5 aliphatic rings. The summed E-state index contributed by atoms with van der Waals surface area (Å²) in [6.07, 6.45) is 0.271. The van der Waals surface area contributed by atoms with Gasteiger partial charge in [-0.2, -0.15) is 9.98 Å². The Morgan fingerprint density at radius 1 is 1.26 bits per heavy atom. The molecule has 3 saturated heterocycles. The maximum Gasteiger partial charge on any atom is 0.322 e. The number of likely N-dealkylation sites (N-methyl/N-ethyl adjacent to an activating group) is 1. The molecule has 5 fully saturated rings. The van der Waals surface area contributed by atoms with Gasteiger partial charge in [0.2, 0.25) is 10.0 Å². The Balaban J connectivity index is 1.37. The normalized spacial score (nSPS) is 39.3. The van der Waals surface area contributed by atoms with Crippen LogP contribution in [0.1, 0.15) is 45.4 Å². The topological polar surface area (TPSA) is 133 Å². The lowest BCUT2D eigenvalue weighted by atomic mass is 9.89. The first-order chi connectivity index (χ1) is 16.5. The monoisotopic (exact) mass is 534 g/mol. The Morgan fingerprint density at radius 3 is 2.57 bits per heavy atom. The summed E-state index contributed by atoms with van der Waals surface area (Å²) in [5.74, 6) is 0. The Kier molecular flexibility index (Phi) is 6.69. The third-order valence-electron chi connectivity index (χ3n) is 7.81. The zero-order chi connectivity index (χ0) is 25.1. The van der Waals surface area contributed by atoms with E-state index >= 15 is 0 Å². The molecule has 35 heavy (non-hydrogen) atoms. The average molecular weight is 535 g/mol. The van der Waals surface area contributed by atoms with E-state index in [0.717, 1.165) is 18.2 Å². The first kappa shape index (κ1) is 25.4. The summed E-state index contributed by atoms with van der Waals surface area (Å²) in [4.78, 5) is 17.0. The van der Waals surface area contributed by atoms with Crippen LogP contribution in [0.2, 0.25) is 0 Å². The number of hydrazine groups is 2. The minimum absolute atomic E-state index is 0.0964. The van der Waals surface area contributed by atoms with Crippen molar-refractivity contribution in [1.29, 1.82) is 5.26 Å². The second-order valence-electron chi connectivity index (χ2n) is 10.3. The van der Waals surface area contributed by atoms with Crippen LogP contribution in [0.25, 0.3) is 0 Å². The highest BCUT2D eigenvalue weighted by Gasteiger charge is 2.56. The molecule has 0 aromatic heterocycles. The molecule has 0 spiro atoms. The molecule has 0 aromatic carbocycles. The van der Waals surface area contributed by atoms with Gasteiger partial charge in [0.05, 0.1) is 23.4 Å². The largest absolute Gasteiger partial charge is 0.322 e. The van der Waals surface area contributed by atoms with Crippen LogP contribution in [0.15, 0.2) is 0 Å². The summed E-state index contributed by atoms with van der Waals surface area (Å²) in [6.45, 7) is 2.55. The Bertz CT molecular complexity index is 993. The molecule has 3 aliphatic heterocycles. The minimum atomic E-state index is -3.78. The van der Waals surface area contributed by atoms with Gasteiger partial charge in [-0.25, -0.2) is 37.9 Å². The van der Waals surface area contributed by atoms with Gasteiger partial charge >= 0.3 is 6.03 Å². The molecule has 2 saturated carbocycles. The number of sulfonamides is 1. The molecule has 2 aliphatic carbocycles. The molecule has 0 aromatic rings. The van der Waals surface area contributed by atoms with Crippen LogP contribution in [0, 0.1) is 11.3 Å². The highest BCUT2D eigenvalue weighted by molar-refractivity contribution is 8.00. The molecule has 2 amide bonds. The van der Waals surface area contributed by atoms with Gasteiger partial charge in [-0.3, -0.25) is 10.3 Å². The number of nitrogens with one attached hydrogen (secondary N) is 4. The molecule has 5 rings (SSSR count). The third kappa shape index (κ3) is 4.74. The van der Waals surface area contributed by atoms with Crippen LogP contribution < -0.4 is 21.0 Å². The van der Waals surface area contributed by atoms with Gasteiger partial charge in [0.1, 0.15) is 16.4 Å². The second kappa shape index (κ2) is 9.23. The average Bonchev–Trinajstić information content (AvgIpc) is 3.12. The minimum Gasteiger partial charge on any atom is -0.318 e. The number of urea groups is 1. The number of halogens is 2. The molecule has 4 N–H and O–H groups in total. The Labute approximate surface area is 208 Å². The Hall–Kier alpha value is -1.28. The standard InChI is InChI=1S/C20H32F2N8O3S2/c1-11-7-12(28(2)26-11)9-29-14-4-3-13(35(32,33)27-20(10-23)5-6-20)8-15(14)30(19(29)31)18-25-24-17(34-18)16(21)22/h11-18,24-27H,3-9H2,1-2H3. The van der Waals surface area contributed by atoms with Gasteiger partial charge in [-0.1, -0.05) is 11.8 Å². The predicted molar refractivity (Wildman–Crippen MR) is 125 cm³/mol. The molecule has 11 nitrogen and oxygen atoms in total. The summed E-state index contributed by atoms with van der Waals surface area (Å²) < 4.78 is 55.5. The molecule has 15 heteroatoms. The molecule has 0 radical (unpaired) electrons. The number of hydrogen-bond donors (Lipinski definition) is 4. The van der Waals surface area contributed by atoms with Crippen LogP contribution in [-0.4, -0.2) is 95.1 Å². The number of hydrogen-bond acceptors (Lipinski definition) is 9. The van der Waals surface area contributed by atoms with Crippen LogP contribution in [-0.2, 0) is 10.0 Å². The number of fused-ring (bicyclic) bond motifs is 1. The van der Waals surface area contributed by atoms with Gasteiger partial charge < -0.3 is 4.90 Å². The van der Waals surface area contributed by atoms with Crippen molar-refractivity contribution in [2.45, 2.75) is 97.7 Å². The molecule has 7 atom stereocenters. The van der Waals surface area contributed by atoms with Crippen LogP contribution in [0.4, 0.5) is 13.6 Å². The molecular formula is C20H32F2N8O3S2. The first-order valence-electron chi connectivity index (χ1n) is 12.0. The van der Waals surface area contributed by atoms with E-state index in [-0.39, 0.29) is 30.6 Å². The molecule has 7 unspecified atom stereocenters. The number of carbonyl (C=O) groups excluding carboxylic acids is 1. The maximum atomic E-state index is 13.7. The van der Waals surface area contributed by atoms with E-state index in [0.29, 0.717) is 32.2 Å². The Morgan fingerprint density at radius 2 is 2.00 bits per heavy atom. The van der Waals surface area contributed by atoms with Crippen molar-refractivity contribution < 1.29 is 22.0 Å². The predicted octanol–water partition coefficient (Wildman–Crippen LogP) is 0.302. The number of rotatable bonds is 7. The lowest BCUT2D eigenvalue weighted by Crippen LogP contribution is -2.53. The summed E-state index contributed by atoms with van der Waals surface area (Å²) in [7, 11) is -1.85. The number of thioether (sulfide) groups is 1. The van der Waals surface area contributed by atoms with Crippen LogP contribution in [0.3, 0.4) is 0 Å². The van der Waals surface area contributed by atoms with E-state index in [4.69, 9.17) is 0 Å². The fourth-order valence-electron chi connectivity index (χ4n) is 5.79. The van der Waals surface area contributed by atoms with Crippen molar-refractivity contribution in [3.05, 3.63) is 0 Å². The second-order valence-corrected chi connectivity index (χ2v) is 13.5. The van der Waals surface area contributed by atoms with E-state index in [1.54, 1.807) is 9.80 Å². The molecule has 0 bridgehead atoms. The van der Waals surface area contributed by atoms with Gasteiger partial charge in [0, 0.05) is 25.7 Å². The highest BCUT2D eigenvalue weighted by Crippen LogP contribution is 2.42. The van der Waals surface area contributed by atoms with E-state index in [1.807, 2.05) is 12.1 Å². The van der Waals surface area contributed by atoms with Crippen molar-refractivity contribution in [2.75, 3.05) is 13.6 Å². The van der Waals surface area contributed by atoms with Crippen LogP contribution in [0.5, 0.6) is 0 Å². The van der Waals surface area contributed by atoms with Gasteiger partial charge in [0.15, 0.2) is 0 Å². The number of carbonyl (C=O) groups is 1. The van der Waals surface area contributed by atoms with Crippen molar-refractivity contribution in [2.24, 2.45) is 0 Å². The maximum absolute atomic E-state index is 13.7. The lowest BCUT2D eigenvalue weighted by molar-refractivity contribution is 0.127. The quantitative estimate of drug-likeness (QED) is 0.364. The molecular weight excluding hydrogens is 502 g/mol. The van der Waals surface area contributed by atoms with Gasteiger partial charge in [-0.15, -0.1) is 0 Å². The SMILES string of the molecule is CC1CC(CN2C(=O)N(C3NNC(C(F)F)S3)C3CC(S(=O)(=O)NC4(C#N)CC4)CCC32)N(C)N1. The first-order valence-corrected chi connectivity index (χ1v) is 14.5. The number of nitrogens with zero attached hydrogens (tertiary/aromatic N) is 4. The van der Waals surface area contributed by atoms with Crippen molar-refractivity contribution >= 4 is 27.8 Å². The fraction of sp³-hybridized carbons (Fsp3) is 0.900. The summed E-state index contributed by atoms with van der Waals surface area (Å²) in [5.41, 5.74) is 6.95. The van der Waals surface area contributed by atoms with Crippen molar-refractivity contribution in [1.82, 2.24) is 35.8 Å². The van der Waals surface area contributed by atoms with E-state index in [2.05, 4.69) is 34.0 Å².